The van der Waals surface area contributed by atoms with Crippen LogP contribution in [0.2, 0.25) is 0 Å². The first-order chi connectivity index (χ1) is 10.6. The Morgan fingerprint density at radius 2 is 1.91 bits per heavy atom. The molecule has 6 heteroatoms. The van der Waals surface area contributed by atoms with Crippen LogP contribution in [0.1, 0.15) is 5.82 Å². The van der Waals surface area contributed by atoms with E-state index in [1.54, 1.807) is 12.1 Å². The van der Waals surface area contributed by atoms with E-state index in [0.29, 0.717) is 0 Å². The predicted octanol–water partition coefficient (Wildman–Crippen LogP) is 3.03. The summed E-state index contributed by atoms with van der Waals surface area (Å²) in [6.07, 6.45) is 0. The maximum Gasteiger partial charge on any atom is 0.319 e. The Kier molecular flexibility index (Phi) is 3.74. The summed E-state index contributed by atoms with van der Waals surface area (Å²) in [6.45, 7) is 0.255. The number of benzene rings is 2. The minimum absolute atomic E-state index is 0.144. The van der Waals surface area contributed by atoms with Crippen molar-refractivity contribution in [3.63, 3.8) is 0 Å². The molecule has 3 aromatic rings. The van der Waals surface area contributed by atoms with Crippen LogP contribution in [0, 0.1) is 5.82 Å². The zero-order chi connectivity index (χ0) is 15.5. The number of urea groups is 1. The summed E-state index contributed by atoms with van der Waals surface area (Å²) < 4.78 is 15.4. The summed E-state index contributed by atoms with van der Waals surface area (Å²) >= 11 is 0. The van der Waals surface area contributed by atoms with Crippen molar-refractivity contribution in [1.29, 1.82) is 0 Å². The molecule has 0 atom stereocenters. The maximum atomic E-state index is 13.5. The Bertz CT molecular complexity index is 828. The van der Waals surface area contributed by atoms with Crippen LogP contribution in [0.5, 0.6) is 0 Å². The number of carbonyl (C=O) groups excluding carboxylic acids is 1. The molecule has 0 aliphatic rings. The highest BCUT2D eigenvalue weighted by Gasteiger charge is 2.09. The van der Waals surface area contributed by atoms with Crippen LogP contribution >= 0.6 is 0 Å². The minimum atomic E-state index is -0.475. The highest BCUT2D eigenvalue weighted by Crippen LogP contribution is 2.14. The first kappa shape index (κ1) is 14.1. The first-order valence-corrected chi connectivity index (χ1v) is 6.85. The van der Waals surface area contributed by atoms with Crippen LogP contribution in [0.3, 0.4) is 0 Å². The number of hydrogen-bond acceptors (Lipinski definition) is 2. The number of carbonyl (C=O) groups is 1. The number of fused-ring (bicyclic) bond motifs is 1. The molecule has 0 unspecified atom stereocenters. The molecule has 2 N–H and O–H groups in total. The molecule has 0 aliphatic heterocycles. The molecule has 5 nitrogen and oxygen atoms in total. The second-order valence-corrected chi connectivity index (χ2v) is 4.86. The van der Waals surface area contributed by atoms with Crippen molar-refractivity contribution in [2.75, 3.05) is 5.32 Å². The van der Waals surface area contributed by atoms with Crippen molar-refractivity contribution < 1.29 is 9.18 Å². The molecule has 2 aromatic carbocycles. The number of halogens is 1. The van der Waals surface area contributed by atoms with E-state index in [4.69, 9.17) is 0 Å². The van der Waals surface area contributed by atoms with E-state index in [9.17, 15) is 9.18 Å². The Labute approximate surface area is 126 Å². The van der Waals surface area contributed by atoms with Gasteiger partial charge in [0.2, 0.25) is 0 Å². The summed E-state index contributed by atoms with van der Waals surface area (Å²) in [4.78, 5) is 16.3. The minimum Gasteiger partial charge on any atom is -0.331 e. The van der Waals surface area contributed by atoms with Crippen molar-refractivity contribution in [3.05, 3.63) is 60.2 Å². The Morgan fingerprint density at radius 1 is 1.18 bits per heavy atom. The fraction of sp³-hybridized carbons (Fsp3) is 0.125. The Hall–Kier alpha value is -2.89. The van der Waals surface area contributed by atoms with E-state index in [-0.39, 0.29) is 12.2 Å². The second-order valence-electron chi connectivity index (χ2n) is 4.86. The quantitative estimate of drug-likeness (QED) is 0.781. The van der Waals surface area contributed by atoms with Gasteiger partial charge in [0, 0.05) is 7.05 Å². The summed E-state index contributed by atoms with van der Waals surface area (Å²) in [5.41, 5.74) is 2.01. The number of aryl methyl sites for hydroxylation is 1. The second kappa shape index (κ2) is 5.85. The molecule has 0 fully saturated rings. The molecule has 0 radical (unpaired) electrons. The van der Waals surface area contributed by atoms with Gasteiger partial charge in [-0.25, -0.2) is 14.2 Å². The molecule has 0 saturated heterocycles. The van der Waals surface area contributed by atoms with Crippen molar-refractivity contribution in [2.45, 2.75) is 6.54 Å². The largest absolute Gasteiger partial charge is 0.331 e. The lowest BCUT2D eigenvalue weighted by molar-refractivity contribution is 0.251. The summed E-state index contributed by atoms with van der Waals surface area (Å²) in [5.74, 6) is 0.255. The van der Waals surface area contributed by atoms with Gasteiger partial charge in [-0.1, -0.05) is 24.3 Å². The molecular weight excluding hydrogens is 283 g/mol. The lowest BCUT2D eigenvalue weighted by atomic mass is 10.3. The number of para-hydroxylation sites is 3. The van der Waals surface area contributed by atoms with Gasteiger partial charge in [-0.05, 0) is 24.3 Å². The van der Waals surface area contributed by atoms with Crippen LogP contribution in [-0.2, 0) is 13.6 Å². The molecule has 3 rings (SSSR count). The fourth-order valence-electron chi connectivity index (χ4n) is 2.24. The molecule has 112 valence electrons. The SMILES string of the molecule is Cn1c(CNC(=O)Nc2ccccc2F)nc2ccccc21. The molecule has 0 spiro atoms. The maximum absolute atomic E-state index is 13.5. The van der Waals surface area contributed by atoms with Gasteiger partial charge in [0.05, 0.1) is 23.3 Å². The number of imidazole rings is 1. The number of anilines is 1. The van der Waals surface area contributed by atoms with Gasteiger partial charge in [0.1, 0.15) is 11.6 Å². The zero-order valence-corrected chi connectivity index (χ0v) is 12.0. The van der Waals surface area contributed by atoms with Crippen LogP contribution in [0.15, 0.2) is 48.5 Å². The van der Waals surface area contributed by atoms with Crippen molar-refractivity contribution in [3.8, 4) is 0 Å². The lowest BCUT2D eigenvalue weighted by Gasteiger charge is -2.08. The molecule has 0 aliphatic carbocycles. The van der Waals surface area contributed by atoms with E-state index < -0.39 is 11.8 Å². The van der Waals surface area contributed by atoms with E-state index >= 15 is 0 Å². The standard InChI is InChI=1S/C16H15FN4O/c1-21-14-9-5-4-8-13(14)19-15(21)10-18-16(22)20-12-7-3-2-6-11(12)17/h2-9H,10H2,1H3,(H2,18,20,22). The fourth-order valence-corrected chi connectivity index (χ4v) is 2.24. The van der Waals surface area contributed by atoms with Gasteiger partial charge in [-0.2, -0.15) is 0 Å². The normalized spacial score (nSPS) is 10.6. The molecule has 22 heavy (non-hydrogen) atoms. The van der Waals surface area contributed by atoms with E-state index in [0.717, 1.165) is 16.9 Å². The summed E-state index contributed by atoms with van der Waals surface area (Å²) in [6, 6.07) is 13.3. The highest BCUT2D eigenvalue weighted by molar-refractivity contribution is 5.89. The number of rotatable bonds is 3. The van der Waals surface area contributed by atoms with Gasteiger partial charge >= 0.3 is 6.03 Å². The monoisotopic (exact) mass is 298 g/mol. The Morgan fingerprint density at radius 3 is 2.68 bits per heavy atom. The van der Waals surface area contributed by atoms with Crippen molar-refractivity contribution in [2.24, 2.45) is 7.05 Å². The lowest BCUT2D eigenvalue weighted by Crippen LogP contribution is -2.29. The summed E-state index contributed by atoms with van der Waals surface area (Å²) in [5, 5.41) is 5.15. The third kappa shape index (κ3) is 2.76. The average Bonchev–Trinajstić information content (AvgIpc) is 2.84. The number of nitrogens with one attached hydrogen (secondary N) is 2. The van der Waals surface area contributed by atoms with E-state index in [1.807, 2.05) is 35.9 Å². The van der Waals surface area contributed by atoms with Gasteiger partial charge in [0.15, 0.2) is 0 Å². The molecule has 1 heterocycles. The van der Waals surface area contributed by atoms with Gasteiger partial charge in [0.25, 0.3) is 0 Å². The van der Waals surface area contributed by atoms with Gasteiger partial charge < -0.3 is 15.2 Å². The number of nitrogens with zero attached hydrogens (tertiary/aromatic N) is 2. The molecule has 1 aromatic heterocycles. The van der Waals surface area contributed by atoms with Gasteiger partial charge in [-0.3, -0.25) is 0 Å². The molecular formula is C16H15FN4O. The van der Waals surface area contributed by atoms with Crippen LogP contribution in [0.25, 0.3) is 11.0 Å². The van der Waals surface area contributed by atoms with Gasteiger partial charge in [-0.15, -0.1) is 0 Å². The van der Waals surface area contributed by atoms with Crippen molar-refractivity contribution in [1.82, 2.24) is 14.9 Å². The van der Waals surface area contributed by atoms with Crippen molar-refractivity contribution >= 4 is 22.8 Å². The van der Waals surface area contributed by atoms with Crippen LogP contribution in [-0.4, -0.2) is 15.6 Å². The smallest absolute Gasteiger partial charge is 0.319 e. The first-order valence-electron chi connectivity index (χ1n) is 6.85. The zero-order valence-electron chi connectivity index (χ0n) is 12.0. The Balaban J connectivity index is 1.68. The third-order valence-corrected chi connectivity index (χ3v) is 3.41. The van der Waals surface area contributed by atoms with E-state index in [1.165, 1.54) is 12.1 Å². The average molecular weight is 298 g/mol. The predicted molar refractivity (Wildman–Crippen MR) is 83.0 cm³/mol. The number of amides is 2. The van der Waals surface area contributed by atoms with E-state index in [2.05, 4.69) is 15.6 Å². The number of hydrogen-bond donors (Lipinski definition) is 2. The molecule has 2 amide bonds. The number of aromatic nitrogens is 2. The summed E-state index contributed by atoms with van der Waals surface area (Å²) in [7, 11) is 1.89. The highest BCUT2D eigenvalue weighted by atomic mass is 19.1. The van der Waals surface area contributed by atoms with Crippen LogP contribution in [0.4, 0.5) is 14.9 Å². The topological polar surface area (TPSA) is 59.0 Å². The molecule has 0 bridgehead atoms. The van der Waals surface area contributed by atoms with Crippen LogP contribution < -0.4 is 10.6 Å². The third-order valence-electron chi connectivity index (χ3n) is 3.41. The molecule has 0 saturated carbocycles.